The molecule has 15 heavy (non-hydrogen) atoms. The van der Waals surface area contributed by atoms with E-state index in [-0.39, 0.29) is 0 Å². The molecule has 0 aromatic carbocycles. The first kappa shape index (κ1) is 8.61. The lowest BCUT2D eigenvalue weighted by molar-refractivity contribution is 1.18. The van der Waals surface area contributed by atoms with Crippen molar-refractivity contribution in [3.63, 3.8) is 0 Å². The van der Waals surface area contributed by atoms with Crippen LogP contribution in [0.1, 0.15) is 5.69 Å². The van der Waals surface area contributed by atoms with Gasteiger partial charge in [0.25, 0.3) is 0 Å². The van der Waals surface area contributed by atoms with Gasteiger partial charge in [-0.15, -0.1) is 11.3 Å². The Morgan fingerprint density at radius 2 is 2.27 bits per heavy atom. The number of nitrogens with zero attached hydrogens (tertiary/aromatic N) is 3. The number of aromatic nitrogens is 3. The number of imidazole rings is 1. The first-order valence-electron chi connectivity index (χ1n) is 4.68. The van der Waals surface area contributed by atoms with E-state index in [9.17, 15) is 0 Å². The molecule has 0 saturated carbocycles. The highest BCUT2D eigenvalue weighted by Crippen LogP contribution is 2.23. The second-order valence-corrected chi connectivity index (χ2v) is 4.26. The molecule has 3 heterocycles. The van der Waals surface area contributed by atoms with Crippen molar-refractivity contribution in [3.05, 3.63) is 41.8 Å². The van der Waals surface area contributed by atoms with Gasteiger partial charge in [0.15, 0.2) is 0 Å². The molecule has 3 rings (SSSR count). The first-order valence-corrected chi connectivity index (χ1v) is 5.56. The average Bonchev–Trinajstić information content (AvgIpc) is 2.84. The molecule has 0 amide bonds. The van der Waals surface area contributed by atoms with Gasteiger partial charge in [0.2, 0.25) is 0 Å². The Morgan fingerprint density at radius 1 is 1.33 bits per heavy atom. The summed E-state index contributed by atoms with van der Waals surface area (Å²) in [6.07, 6.45) is 5.80. The largest absolute Gasteiger partial charge is 0.306 e. The van der Waals surface area contributed by atoms with E-state index < -0.39 is 0 Å². The minimum absolute atomic E-state index is 0.965. The number of hydrogen-bond acceptors (Lipinski definition) is 3. The lowest BCUT2D eigenvalue weighted by Gasteiger charge is -1.97. The molecule has 0 unspecified atom stereocenters. The second-order valence-electron chi connectivity index (χ2n) is 3.40. The summed E-state index contributed by atoms with van der Waals surface area (Å²) in [6.45, 7) is 2.01. The molecule has 0 aliphatic carbocycles. The van der Waals surface area contributed by atoms with Gasteiger partial charge in [0.1, 0.15) is 10.7 Å². The van der Waals surface area contributed by atoms with Gasteiger partial charge in [-0.3, -0.25) is 0 Å². The van der Waals surface area contributed by atoms with Gasteiger partial charge in [-0.25, -0.2) is 9.97 Å². The van der Waals surface area contributed by atoms with Gasteiger partial charge in [0, 0.05) is 35.2 Å². The van der Waals surface area contributed by atoms with E-state index in [2.05, 4.69) is 27.6 Å². The van der Waals surface area contributed by atoms with E-state index in [1.54, 1.807) is 17.5 Å². The van der Waals surface area contributed by atoms with Crippen LogP contribution in [0.2, 0.25) is 0 Å². The summed E-state index contributed by atoms with van der Waals surface area (Å²) in [4.78, 5) is 8.66. The van der Waals surface area contributed by atoms with E-state index in [0.29, 0.717) is 0 Å². The molecule has 4 heteroatoms. The molecule has 74 valence electrons. The quantitative estimate of drug-likeness (QED) is 0.624. The van der Waals surface area contributed by atoms with Crippen LogP contribution in [0.5, 0.6) is 0 Å². The Bertz CT molecular complexity index is 609. The molecule has 0 spiro atoms. The topological polar surface area (TPSA) is 30.2 Å². The summed E-state index contributed by atoms with van der Waals surface area (Å²) < 4.78 is 2.01. The number of rotatable bonds is 1. The van der Waals surface area contributed by atoms with Crippen LogP contribution in [0, 0.1) is 6.92 Å². The second kappa shape index (κ2) is 3.17. The number of thiazole rings is 1. The molecule has 0 aliphatic heterocycles. The fraction of sp³-hybridized carbons (Fsp3) is 0.0909. The Morgan fingerprint density at radius 3 is 3.07 bits per heavy atom. The summed E-state index contributed by atoms with van der Waals surface area (Å²) in [5.74, 6) is 0. The minimum atomic E-state index is 0.965. The highest BCUT2D eigenvalue weighted by atomic mass is 32.1. The van der Waals surface area contributed by atoms with Crippen molar-refractivity contribution in [2.24, 2.45) is 0 Å². The van der Waals surface area contributed by atoms with Crippen LogP contribution >= 0.6 is 11.3 Å². The third-order valence-electron chi connectivity index (χ3n) is 2.25. The molecule has 0 atom stereocenters. The third-order valence-corrected chi connectivity index (χ3v) is 3.26. The summed E-state index contributed by atoms with van der Waals surface area (Å²) in [6, 6.07) is 4.06. The van der Waals surface area contributed by atoms with Crippen LogP contribution in [-0.2, 0) is 0 Å². The van der Waals surface area contributed by atoms with E-state index in [4.69, 9.17) is 0 Å². The van der Waals surface area contributed by atoms with Crippen molar-refractivity contribution < 1.29 is 0 Å². The van der Waals surface area contributed by atoms with Gasteiger partial charge in [-0.2, -0.15) is 0 Å². The number of fused-ring (bicyclic) bond motifs is 1. The number of hydrogen-bond donors (Lipinski definition) is 0. The van der Waals surface area contributed by atoms with Gasteiger partial charge in [0.05, 0.1) is 0 Å². The Kier molecular flexibility index (Phi) is 1.82. The summed E-state index contributed by atoms with van der Waals surface area (Å²) in [5, 5.41) is 3.12. The average molecular weight is 215 g/mol. The number of pyridine rings is 1. The highest BCUT2D eigenvalue weighted by Gasteiger charge is 2.03. The molecule has 0 N–H and O–H groups in total. The van der Waals surface area contributed by atoms with Gasteiger partial charge in [-0.05, 0) is 19.1 Å². The van der Waals surface area contributed by atoms with Gasteiger partial charge < -0.3 is 4.40 Å². The molecule has 3 nitrogen and oxygen atoms in total. The van der Waals surface area contributed by atoms with Crippen molar-refractivity contribution in [3.8, 4) is 10.6 Å². The lowest BCUT2D eigenvalue weighted by atomic mass is 10.3. The molecular weight excluding hydrogens is 206 g/mol. The van der Waals surface area contributed by atoms with Crippen LogP contribution in [-0.4, -0.2) is 14.4 Å². The smallest absolute Gasteiger partial charge is 0.136 e. The van der Waals surface area contributed by atoms with Crippen molar-refractivity contribution in [2.75, 3.05) is 0 Å². The SMILES string of the molecule is Cc1csc(-c2ccc3nccn3c2)n1. The van der Waals surface area contributed by atoms with Gasteiger partial charge >= 0.3 is 0 Å². The number of aryl methyl sites for hydroxylation is 1. The molecule has 3 aromatic heterocycles. The third kappa shape index (κ3) is 1.43. The molecule has 0 fully saturated rings. The monoisotopic (exact) mass is 215 g/mol. The fourth-order valence-electron chi connectivity index (χ4n) is 1.53. The maximum absolute atomic E-state index is 4.46. The van der Waals surface area contributed by atoms with E-state index >= 15 is 0 Å². The van der Waals surface area contributed by atoms with E-state index in [1.165, 1.54) is 0 Å². The standard InChI is InChI=1S/C11H9N3S/c1-8-7-15-11(13-8)9-2-3-10-12-4-5-14(10)6-9/h2-7H,1H3. The zero-order valence-corrected chi connectivity index (χ0v) is 9.03. The van der Waals surface area contributed by atoms with Crippen LogP contribution < -0.4 is 0 Å². The normalized spacial score (nSPS) is 11.0. The molecule has 3 aromatic rings. The van der Waals surface area contributed by atoms with Crippen LogP contribution in [0.3, 0.4) is 0 Å². The molecule has 0 aliphatic rings. The Balaban J connectivity index is 2.18. The predicted molar refractivity (Wildman–Crippen MR) is 61.0 cm³/mol. The molecule has 0 saturated heterocycles. The van der Waals surface area contributed by atoms with Crippen LogP contribution in [0.15, 0.2) is 36.1 Å². The predicted octanol–water partition coefficient (Wildman–Crippen LogP) is 2.77. The van der Waals surface area contributed by atoms with Crippen LogP contribution in [0.4, 0.5) is 0 Å². The zero-order chi connectivity index (χ0) is 10.3. The van der Waals surface area contributed by atoms with Crippen molar-refractivity contribution in [2.45, 2.75) is 6.92 Å². The van der Waals surface area contributed by atoms with E-state index in [1.807, 2.05) is 23.6 Å². The zero-order valence-electron chi connectivity index (χ0n) is 8.21. The van der Waals surface area contributed by atoms with Crippen molar-refractivity contribution in [1.82, 2.24) is 14.4 Å². The summed E-state index contributed by atoms with van der Waals surface area (Å²) >= 11 is 1.67. The molecular formula is C11H9N3S. The first-order chi connectivity index (χ1) is 7.33. The van der Waals surface area contributed by atoms with Crippen LogP contribution in [0.25, 0.3) is 16.2 Å². The summed E-state index contributed by atoms with van der Waals surface area (Å²) in [5.41, 5.74) is 3.17. The van der Waals surface area contributed by atoms with Crippen molar-refractivity contribution >= 4 is 17.0 Å². The molecule has 0 bridgehead atoms. The van der Waals surface area contributed by atoms with E-state index in [0.717, 1.165) is 21.9 Å². The summed E-state index contributed by atoms with van der Waals surface area (Å²) in [7, 11) is 0. The van der Waals surface area contributed by atoms with Crippen molar-refractivity contribution in [1.29, 1.82) is 0 Å². The maximum atomic E-state index is 4.46. The Labute approximate surface area is 91.1 Å². The maximum Gasteiger partial charge on any atom is 0.136 e. The highest BCUT2D eigenvalue weighted by molar-refractivity contribution is 7.13. The minimum Gasteiger partial charge on any atom is -0.306 e. The molecule has 0 radical (unpaired) electrons. The fourth-order valence-corrected chi connectivity index (χ4v) is 2.32. The van der Waals surface area contributed by atoms with Gasteiger partial charge in [-0.1, -0.05) is 0 Å². The Hall–Kier alpha value is -1.68. The lowest BCUT2D eigenvalue weighted by Crippen LogP contribution is -1.85.